The minimum atomic E-state index is -1.06. The van der Waals surface area contributed by atoms with Gasteiger partial charge in [-0.05, 0) is 11.6 Å². The summed E-state index contributed by atoms with van der Waals surface area (Å²) in [4.78, 5) is 10.9. The molecule has 0 radical (unpaired) electrons. The fourth-order valence-corrected chi connectivity index (χ4v) is 2.16. The first-order valence-corrected chi connectivity index (χ1v) is 5.12. The fourth-order valence-electron chi connectivity index (χ4n) is 1.81. The Morgan fingerprint density at radius 3 is 2.88 bits per heavy atom. The number of fused-ring (bicyclic) bond motifs is 1. The Kier molecular flexibility index (Phi) is 2.61. The maximum absolute atomic E-state index is 10.9. The van der Waals surface area contributed by atoms with Crippen molar-refractivity contribution in [3.05, 3.63) is 35.0 Å². The Hall–Kier alpha value is -1.52. The number of hydrogen-bond donors (Lipinski definition) is 2. The Morgan fingerprint density at radius 1 is 1.56 bits per heavy atom. The highest BCUT2D eigenvalue weighted by Gasteiger charge is 2.19. The van der Waals surface area contributed by atoms with E-state index in [-0.39, 0.29) is 0 Å². The van der Waals surface area contributed by atoms with Crippen LogP contribution in [0.5, 0.6) is 0 Å². The number of nitrogens with zero attached hydrogens (tertiary/aromatic N) is 1. The molecule has 0 saturated heterocycles. The first kappa shape index (κ1) is 11.0. The number of aliphatic carboxylic acids is 1. The van der Waals surface area contributed by atoms with Gasteiger partial charge in [0.25, 0.3) is 0 Å². The van der Waals surface area contributed by atoms with E-state index in [0.717, 1.165) is 5.52 Å². The second-order valence-electron chi connectivity index (χ2n) is 3.65. The van der Waals surface area contributed by atoms with Crippen LogP contribution in [-0.4, -0.2) is 15.6 Å². The quantitative estimate of drug-likeness (QED) is 0.840. The maximum atomic E-state index is 10.9. The molecule has 84 valence electrons. The molecule has 0 aliphatic heterocycles. The molecule has 1 heterocycles. The molecule has 1 unspecified atom stereocenters. The molecule has 0 aliphatic carbocycles. The van der Waals surface area contributed by atoms with Gasteiger partial charge in [-0.1, -0.05) is 23.7 Å². The summed E-state index contributed by atoms with van der Waals surface area (Å²) in [7, 11) is 1.85. The highest BCUT2D eigenvalue weighted by molar-refractivity contribution is 6.36. The third-order valence-corrected chi connectivity index (χ3v) is 2.89. The predicted octanol–water partition coefficient (Wildman–Crippen LogP) is 1.92. The van der Waals surface area contributed by atoms with Gasteiger partial charge in [0.1, 0.15) is 6.04 Å². The molecule has 1 atom stereocenters. The lowest BCUT2D eigenvalue weighted by atomic mass is 10.0. The smallest absolute Gasteiger partial charge is 0.325 e. The van der Waals surface area contributed by atoms with Crippen LogP contribution >= 0.6 is 11.6 Å². The third-order valence-electron chi connectivity index (χ3n) is 2.60. The van der Waals surface area contributed by atoms with E-state index < -0.39 is 12.0 Å². The van der Waals surface area contributed by atoms with Gasteiger partial charge < -0.3 is 15.4 Å². The number of carboxylic acid groups (broad SMARTS) is 1. The molecule has 3 N–H and O–H groups in total. The van der Waals surface area contributed by atoms with E-state index in [4.69, 9.17) is 22.4 Å². The van der Waals surface area contributed by atoms with Gasteiger partial charge in [-0.15, -0.1) is 0 Å². The van der Waals surface area contributed by atoms with Gasteiger partial charge in [0.05, 0.1) is 5.02 Å². The van der Waals surface area contributed by atoms with Crippen molar-refractivity contribution in [1.82, 2.24) is 4.57 Å². The summed E-state index contributed by atoms with van der Waals surface area (Å²) < 4.78 is 1.84. The lowest BCUT2D eigenvalue weighted by Gasteiger charge is -2.08. The predicted molar refractivity (Wildman–Crippen MR) is 62.5 cm³/mol. The summed E-state index contributed by atoms with van der Waals surface area (Å²) in [5.74, 6) is -1.06. The van der Waals surface area contributed by atoms with Crippen LogP contribution in [0.4, 0.5) is 0 Å². The number of carboxylic acids is 1. The van der Waals surface area contributed by atoms with Crippen molar-refractivity contribution in [2.24, 2.45) is 12.8 Å². The Balaban J connectivity index is 2.75. The molecule has 0 fully saturated rings. The van der Waals surface area contributed by atoms with Crippen LogP contribution in [0, 0.1) is 0 Å². The molecule has 1 aromatic heterocycles. The van der Waals surface area contributed by atoms with Gasteiger partial charge in [0.2, 0.25) is 0 Å². The highest BCUT2D eigenvalue weighted by atomic mass is 35.5. The second-order valence-corrected chi connectivity index (χ2v) is 4.05. The minimum Gasteiger partial charge on any atom is -0.480 e. The molecule has 4 nitrogen and oxygen atoms in total. The molecular formula is C11H11ClN2O2. The summed E-state index contributed by atoms with van der Waals surface area (Å²) in [6.07, 6.45) is 1.74. The first-order chi connectivity index (χ1) is 7.52. The van der Waals surface area contributed by atoms with Gasteiger partial charge in [0.15, 0.2) is 0 Å². The third kappa shape index (κ3) is 1.56. The van der Waals surface area contributed by atoms with Crippen molar-refractivity contribution in [1.29, 1.82) is 0 Å². The Bertz CT molecular complexity index is 562. The normalized spacial score (nSPS) is 12.9. The zero-order valence-electron chi connectivity index (χ0n) is 8.64. The first-order valence-electron chi connectivity index (χ1n) is 4.74. The number of rotatable bonds is 2. The summed E-state index contributed by atoms with van der Waals surface area (Å²) >= 11 is 6.06. The summed E-state index contributed by atoms with van der Waals surface area (Å²) in [5.41, 5.74) is 7.03. The van der Waals surface area contributed by atoms with E-state index in [1.807, 2.05) is 17.7 Å². The van der Waals surface area contributed by atoms with Crippen LogP contribution in [0.25, 0.3) is 10.9 Å². The van der Waals surface area contributed by atoms with Crippen molar-refractivity contribution < 1.29 is 9.90 Å². The fraction of sp³-hybridized carbons (Fsp3) is 0.182. The van der Waals surface area contributed by atoms with Crippen LogP contribution in [0.15, 0.2) is 24.4 Å². The zero-order valence-corrected chi connectivity index (χ0v) is 9.40. The van der Waals surface area contributed by atoms with Crippen LogP contribution in [0.3, 0.4) is 0 Å². The Morgan fingerprint density at radius 2 is 2.25 bits per heavy atom. The monoisotopic (exact) mass is 238 g/mol. The molecule has 1 aromatic carbocycles. The average Bonchev–Trinajstić information content (AvgIpc) is 2.54. The van der Waals surface area contributed by atoms with Crippen molar-refractivity contribution >= 4 is 28.5 Å². The molecule has 0 saturated carbocycles. The second kappa shape index (κ2) is 3.81. The summed E-state index contributed by atoms with van der Waals surface area (Å²) in [6, 6.07) is 4.28. The molecule has 0 bridgehead atoms. The van der Waals surface area contributed by atoms with Gasteiger partial charge in [-0.2, -0.15) is 0 Å². The molecule has 0 spiro atoms. The van der Waals surface area contributed by atoms with E-state index in [0.29, 0.717) is 16.0 Å². The van der Waals surface area contributed by atoms with E-state index in [1.165, 1.54) is 0 Å². The summed E-state index contributed by atoms with van der Waals surface area (Å²) in [6.45, 7) is 0. The van der Waals surface area contributed by atoms with Gasteiger partial charge in [0, 0.05) is 24.1 Å². The number of nitrogens with two attached hydrogens (primary N) is 1. The number of halogens is 1. The average molecular weight is 239 g/mol. The molecule has 0 aliphatic rings. The molecule has 0 amide bonds. The Labute approximate surface area is 97.2 Å². The number of hydrogen-bond acceptors (Lipinski definition) is 2. The van der Waals surface area contributed by atoms with Crippen molar-refractivity contribution in [2.45, 2.75) is 6.04 Å². The summed E-state index contributed by atoms with van der Waals surface area (Å²) in [5, 5.41) is 10.1. The zero-order chi connectivity index (χ0) is 11.9. The number of benzene rings is 1. The van der Waals surface area contributed by atoms with Crippen molar-refractivity contribution in [3.8, 4) is 0 Å². The van der Waals surface area contributed by atoms with E-state index in [9.17, 15) is 4.79 Å². The number of aryl methyl sites for hydroxylation is 1. The number of aromatic nitrogens is 1. The van der Waals surface area contributed by atoms with Crippen LogP contribution in [0.1, 0.15) is 11.6 Å². The largest absolute Gasteiger partial charge is 0.480 e. The van der Waals surface area contributed by atoms with Crippen molar-refractivity contribution in [3.63, 3.8) is 0 Å². The van der Waals surface area contributed by atoms with Crippen LogP contribution in [-0.2, 0) is 11.8 Å². The molecule has 16 heavy (non-hydrogen) atoms. The van der Waals surface area contributed by atoms with Crippen molar-refractivity contribution in [2.75, 3.05) is 0 Å². The SMILES string of the molecule is Cn1cc(Cl)c2c(C(N)C(=O)O)cccc21. The van der Waals surface area contributed by atoms with E-state index >= 15 is 0 Å². The molecule has 2 rings (SSSR count). The molecule has 2 aromatic rings. The van der Waals surface area contributed by atoms with E-state index in [1.54, 1.807) is 18.3 Å². The molecule has 5 heteroatoms. The topological polar surface area (TPSA) is 68.2 Å². The van der Waals surface area contributed by atoms with Crippen LogP contribution in [0.2, 0.25) is 5.02 Å². The lowest BCUT2D eigenvalue weighted by Crippen LogP contribution is -2.20. The van der Waals surface area contributed by atoms with Gasteiger partial charge in [-0.25, -0.2) is 0 Å². The minimum absolute atomic E-state index is 0.518. The number of carbonyl (C=O) groups is 1. The molecular weight excluding hydrogens is 228 g/mol. The van der Waals surface area contributed by atoms with E-state index in [2.05, 4.69) is 0 Å². The highest BCUT2D eigenvalue weighted by Crippen LogP contribution is 2.31. The van der Waals surface area contributed by atoms with Gasteiger partial charge in [-0.3, -0.25) is 4.79 Å². The maximum Gasteiger partial charge on any atom is 0.325 e. The van der Waals surface area contributed by atoms with Crippen LogP contribution < -0.4 is 5.73 Å². The standard InChI is InChI=1S/C11H11ClN2O2/c1-14-5-7(12)9-6(10(13)11(15)16)3-2-4-8(9)14/h2-5,10H,13H2,1H3,(H,15,16). The lowest BCUT2D eigenvalue weighted by molar-refractivity contribution is -0.138. The van der Waals surface area contributed by atoms with Gasteiger partial charge >= 0.3 is 5.97 Å².